The third kappa shape index (κ3) is 1.17. The number of fused-ring (bicyclic) bond motifs is 1. The van der Waals surface area contributed by atoms with Crippen molar-refractivity contribution in [2.75, 3.05) is 0 Å². The number of esters is 1. The Kier molecular flexibility index (Phi) is 2.14. The summed E-state index contributed by atoms with van der Waals surface area (Å²) in [6, 6.07) is 0. The SMILES string of the molecule is O=COC1C(=O)OC2C(O)C(O)OC12. The van der Waals surface area contributed by atoms with Gasteiger partial charge >= 0.3 is 5.97 Å². The zero-order chi connectivity index (χ0) is 10.3. The molecule has 5 unspecified atom stereocenters. The van der Waals surface area contributed by atoms with Crippen LogP contribution in [0.4, 0.5) is 0 Å². The fourth-order valence-corrected chi connectivity index (χ4v) is 1.58. The second kappa shape index (κ2) is 3.19. The molecular formula is C7H8O7. The highest BCUT2D eigenvalue weighted by Gasteiger charge is 2.57. The molecule has 2 aliphatic rings. The Hall–Kier alpha value is -1.18. The van der Waals surface area contributed by atoms with Crippen molar-refractivity contribution in [1.82, 2.24) is 0 Å². The maximum atomic E-state index is 11.1. The maximum Gasteiger partial charge on any atom is 0.350 e. The van der Waals surface area contributed by atoms with E-state index >= 15 is 0 Å². The summed E-state index contributed by atoms with van der Waals surface area (Å²) in [7, 11) is 0. The van der Waals surface area contributed by atoms with Crippen molar-refractivity contribution in [3.05, 3.63) is 0 Å². The van der Waals surface area contributed by atoms with Crippen molar-refractivity contribution in [3.8, 4) is 0 Å². The van der Waals surface area contributed by atoms with Crippen LogP contribution in [0.3, 0.4) is 0 Å². The Morgan fingerprint density at radius 3 is 2.71 bits per heavy atom. The predicted molar refractivity (Wildman–Crippen MR) is 37.7 cm³/mol. The van der Waals surface area contributed by atoms with Gasteiger partial charge < -0.3 is 24.4 Å². The first-order chi connectivity index (χ1) is 6.65. The maximum absolute atomic E-state index is 11.1. The van der Waals surface area contributed by atoms with Gasteiger partial charge in [-0.15, -0.1) is 0 Å². The third-order valence-electron chi connectivity index (χ3n) is 2.23. The molecule has 2 fully saturated rings. The Labute approximate surface area is 78.2 Å². The van der Waals surface area contributed by atoms with Gasteiger partial charge in [0.15, 0.2) is 12.4 Å². The molecule has 0 radical (unpaired) electrons. The first-order valence-electron chi connectivity index (χ1n) is 3.96. The third-order valence-corrected chi connectivity index (χ3v) is 2.23. The zero-order valence-corrected chi connectivity index (χ0v) is 6.90. The molecule has 0 bridgehead atoms. The van der Waals surface area contributed by atoms with E-state index in [1.54, 1.807) is 0 Å². The lowest BCUT2D eigenvalue weighted by Gasteiger charge is -2.11. The molecule has 14 heavy (non-hydrogen) atoms. The Balaban J connectivity index is 2.15. The molecule has 0 spiro atoms. The molecule has 7 nitrogen and oxygen atoms in total. The molecular weight excluding hydrogens is 196 g/mol. The minimum Gasteiger partial charge on any atom is -0.454 e. The molecule has 0 amide bonds. The van der Waals surface area contributed by atoms with Gasteiger partial charge in [0.05, 0.1) is 0 Å². The number of hydrogen-bond acceptors (Lipinski definition) is 7. The fraction of sp³-hybridized carbons (Fsp3) is 0.714. The number of carbonyl (C=O) groups excluding carboxylic acids is 2. The van der Waals surface area contributed by atoms with Crippen molar-refractivity contribution in [2.45, 2.75) is 30.7 Å². The van der Waals surface area contributed by atoms with Gasteiger partial charge in [-0.25, -0.2) is 4.79 Å². The van der Waals surface area contributed by atoms with E-state index in [4.69, 9.17) is 9.84 Å². The number of aliphatic hydroxyl groups is 2. The van der Waals surface area contributed by atoms with Crippen molar-refractivity contribution >= 4 is 12.4 Å². The normalized spacial score (nSPS) is 45.9. The van der Waals surface area contributed by atoms with Crippen LogP contribution in [0.5, 0.6) is 0 Å². The molecule has 5 atom stereocenters. The van der Waals surface area contributed by atoms with Crippen LogP contribution in [0.25, 0.3) is 0 Å². The van der Waals surface area contributed by atoms with E-state index in [0.717, 1.165) is 0 Å². The van der Waals surface area contributed by atoms with Crippen molar-refractivity contribution in [3.63, 3.8) is 0 Å². The summed E-state index contributed by atoms with van der Waals surface area (Å²) >= 11 is 0. The monoisotopic (exact) mass is 204 g/mol. The summed E-state index contributed by atoms with van der Waals surface area (Å²) in [6.07, 6.45) is -5.83. The zero-order valence-electron chi connectivity index (χ0n) is 6.90. The number of aliphatic hydroxyl groups excluding tert-OH is 2. The molecule has 78 valence electrons. The summed E-state index contributed by atoms with van der Waals surface area (Å²) in [5.74, 6) is -0.780. The average Bonchev–Trinajstić information content (AvgIpc) is 2.57. The van der Waals surface area contributed by atoms with Crippen LogP contribution in [-0.4, -0.2) is 53.4 Å². The standard InChI is InChI=1S/C7H8O7/c8-1-12-5-4-3(13-7(5)11)2(9)6(10)14-4/h1-6,9-10H. The molecule has 2 heterocycles. The highest BCUT2D eigenvalue weighted by atomic mass is 16.7. The minimum absolute atomic E-state index is 0.0920. The van der Waals surface area contributed by atoms with E-state index in [0.29, 0.717) is 0 Å². The first kappa shape index (κ1) is 9.38. The molecule has 0 aromatic rings. The minimum atomic E-state index is -1.42. The van der Waals surface area contributed by atoms with Gasteiger partial charge in [0, 0.05) is 0 Å². The summed E-state index contributed by atoms with van der Waals surface area (Å²) in [5.41, 5.74) is 0. The molecule has 0 aliphatic carbocycles. The number of carbonyl (C=O) groups is 2. The first-order valence-corrected chi connectivity index (χ1v) is 3.96. The quantitative estimate of drug-likeness (QED) is 0.379. The molecule has 2 rings (SSSR count). The number of hydrogen-bond donors (Lipinski definition) is 2. The van der Waals surface area contributed by atoms with E-state index in [9.17, 15) is 14.7 Å². The van der Waals surface area contributed by atoms with Gasteiger partial charge in [0.1, 0.15) is 12.2 Å². The molecule has 2 saturated heterocycles. The van der Waals surface area contributed by atoms with Gasteiger partial charge in [-0.2, -0.15) is 0 Å². The van der Waals surface area contributed by atoms with Crippen LogP contribution >= 0.6 is 0 Å². The fourth-order valence-electron chi connectivity index (χ4n) is 1.58. The lowest BCUT2D eigenvalue weighted by Crippen LogP contribution is -2.33. The van der Waals surface area contributed by atoms with Crippen molar-refractivity contribution in [2.24, 2.45) is 0 Å². The van der Waals surface area contributed by atoms with Crippen LogP contribution < -0.4 is 0 Å². The van der Waals surface area contributed by atoms with Crippen molar-refractivity contribution in [1.29, 1.82) is 0 Å². The largest absolute Gasteiger partial charge is 0.454 e. The van der Waals surface area contributed by atoms with Crippen LogP contribution in [0, 0.1) is 0 Å². The summed E-state index contributed by atoms with van der Waals surface area (Å²) in [5, 5.41) is 18.3. The van der Waals surface area contributed by atoms with E-state index in [2.05, 4.69) is 9.47 Å². The Morgan fingerprint density at radius 1 is 1.36 bits per heavy atom. The molecule has 0 aromatic heterocycles. The average molecular weight is 204 g/mol. The van der Waals surface area contributed by atoms with Crippen LogP contribution in [0.1, 0.15) is 0 Å². The van der Waals surface area contributed by atoms with Gasteiger partial charge in [-0.1, -0.05) is 0 Å². The molecule has 7 heteroatoms. The van der Waals surface area contributed by atoms with E-state index in [-0.39, 0.29) is 6.47 Å². The predicted octanol–water partition coefficient (Wildman–Crippen LogP) is -2.47. The molecule has 0 saturated carbocycles. The lowest BCUT2D eigenvalue weighted by molar-refractivity contribution is -0.175. The smallest absolute Gasteiger partial charge is 0.350 e. The summed E-state index contributed by atoms with van der Waals surface area (Å²) in [6.45, 7) is 0.0920. The second-order valence-corrected chi connectivity index (χ2v) is 3.04. The van der Waals surface area contributed by atoms with E-state index < -0.39 is 36.7 Å². The number of ether oxygens (including phenoxy) is 3. The van der Waals surface area contributed by atoms with E-state index in [1.165, 1.54) is 0 Å². The highest BCUT2D eigenvalue weighted by Crippen LogP contribution is 2.32. The van der Waals surface area contributed by atoms with Gasteiger partial charge in [0.25, 0.3) is 6.47 Å². The van der Waals surface area contributed by atoms with Crippen LogP contribution in [0.15, 0.2) is 0 Å². The lowest BCUT2D eigenvalue weighted by atomic mass is 10.1. The molecule has 2 N–H and O–H groups in total. The highest BCUT2D eigenvalue weighted by molar-refractivity contribution is 5.79. The van der Waals surface area contributed by atoms with Crippen LogP contribution in [-0.2, 0) is 23.8 Å². The van der Waals surface area contributed by atoms with Gasteiger partial charge in [-0.05, 0) is 0 Å². The van der Waals surface area contributed by atoms with Gasteiger partial charge in [0.2, 0.25) is 6.10 Å². The molecule has 0 aromatic carbocycles. The number of rotatable bonds is 2. The second-order valence-electron chi connectivity index (χ2n) is 3.04. The van der Waals surface area contributed by atoms with Gasteiger partial charge in [-0.3, -0.25) is 4.79 Å². The van der Waals surface area contributed by atoms with Crippen molar-refractivity contribution < 1.29 is 34.0 Å². The summed E-state index contributed by atoms with van der Waals surface area (Å²) < 4.78 is 13.9. The van der Waals surface area contributed by atoms with E-state index in [1.807, 2.05) is 0 Å². The summed E-state index contributed by atoms with van der Waals surface area (Å²) in [4.78, 5) is 21.1. The topological polar surface area (TPSA) is 102 Å². The molecule has 2 aliphatic heterocycles. The Morgan fingerprint density at radius 2 is 2.07 bits per heavy atom. The Bertz CT molecular complexity index is 265. The van der Waals surface area contributed by atoms with Crippen LogP contribution in [0.2, 0.25) is 0 Å².